The van der Waals surface area contributed by atoms with Gasteiger partial charge in [0, 0.05) is 6.61 Å². The van der Waals surface area contributed by atoms with Crippen molar-refractivity contribution in [3.8, 4) is 0 Å². The molecule has 0 saturated heterocycles. The Balaban J connectivity index is 0.00000324. The number of hydrogen-bond donors (Lipinski definition) is 0. The highest BCUT2D eigenvalue weighted by molar-refractivity contribution is 6.64. The van der Waals surface area contributed by atoms with Crippen LogP contribution in [0.25, 0.3) is 0 Å². The van der Waals surface area contributed by atoms with Crippen LogP contribution in [0.2, 0.25) is 0 Å². The van der Waals surface area contributed by atoms with Gasteiger partial charge in [-0.15, -0.1) is 0 Å². The summed E-state index contributed by atoms with van der Waals surface area (Å²) in [5.74, 6) is 0. The van der Waals surface area contributed by atoms with Crippen molar-refractivity contribution in [2.24, 2.45) is 0 Å². The van der Waals surface area contributed by atoms with Crippen LogP contribution in [0.4, 0.5) is 0 Å². The minimum atomic E-state index is -1.42. The lowest BCUT2D eigenvalue weighted by molar-refractivity contribution is 0.267. The van der Waals surface area contributed by atoms with Crippen molar-refractivity contribution < 1.29 is 4.43 Å². The molecule has 1 unspecified atom stereocenters. The Bertz CT molecular complexity index is 304. The van der Waals surface area contributed by atoms with Gasteiger partial charge in [-0.2, -0.15) is 0 Å². The number of nitrogens with zero attached hydrogens (tertiary/aromatic N) is 1. The fraction of sp³-hybridized carbons (Fsp3) is 0.600. The molecule has 1 atom stereocenters. The van der Waals surface area contributed by atoms with Crippen LogP contribution in [0.1, 0.15) is 40.0 Å². The van der Waals surface area contributed by atoms with Gasteiger partial charge in [-0.1, -0.05) is 63.9 Å². The van der Waals surface area contributed by atoms with Crippen LogP contribution in [-0.2, 0) is 4.43 Å². The van der Waals surface area contributed by atoms with E-state index in [1.165, 1.54) is 24.4 Å². The summed E-state index contributed by atoms with van der Waals surface area (Å²) < 4.78 is 8.74. The number of rotatable bonds is 9. The first kappa shape index (κ1) is 18.6. The largest absolute Gasteiger partial charge is 0.402 e. The van der Waals surface area contributed by atoms with Crippen LogP contribution in [-0.4, -0.2) is 44.4 Å². The zero-order valence-corrected chi connectivity index (χ0v) is 13.2. The molecule has 0 bridgehead atoms. The van der Waals surface area contributed by atoms with E-state index in [0.29, 0.717) is 0 Å². The van der Waals surface area contributed by atoms with E-state index < -0.39 is 9.20 Å². The maximum atomic E-state index is 6.24. The SMILES string of the molecule is CCCCCO[SiH](c1ccccc1)N(CC)CC.[SiH4]. The van der Waals surface area contributed by atoms with E-state index in [1.54, 1.807) is 0 Å². The second-order valence-electron chi connectivity index (χ2n) is 4.56. The van der Waals surface area contributed by atoms with Gasteiger partial charge in [0.15, 0.2) is 0 Å². The van der Waals surface area contributed by atoms with E-state index >= 15 is 0 Å². The molecule has 0 aromatic heterocycles. The first-order chi connectivity index (χ1) is 8.83. The summed E-state index contributed by atoms with van der Waals surface area (Å²) in [5.41, 5.74) is 0. The van der Waals surface area contributed by atoms with Gasteiger partial charge in [0.25, 0.3) is 9.20 Å². The Morgan fingerprint density at radius 3 is 2.16 bits per heavy atom. The molecule has 0 N–H and O–H groups in total. The molecule has 19 heavy (non-hydrogen) atoms. The quantitative estimate of drug-likeness (QED) is 0.502. The van der Waals surface area contributed by atoms with Gasteiger partial charge < -0.3 is 8.99 Å². The summed E-state index contributed by atoms with van der Waals surface area (Å²) in [6, 6.07) is 10.8. The van der Waals surface area contributed by atoms with E-state index in [9.17, 15) is 0 Å². The molecule has 110 valence electrons. The molecular formula is C15H31NOSi2. The van der Waals surface area contributed by atoms with E-state index in [2.05, 4.69) is 55.7 Å². The van der Waals surface area contributed by atoms with E-state index in [1.807, 2.05) is 0 Å². The highest BCUT2D eigenvalue weighted by Crippen LogP contribution is 2.02. The van der Waals surface area contributed by atoms with E-state index in [-0.39, 0.29) is 11.0 Å². The number of unbranched alkanes of at least 4 members (excludes halogenated alkanes) is 2. The Hall–Kier alpha value is -0.426. The average Bonchev–Trinajstić information content (AvgIpc) is 2.43. The lowest BCUT2D eigenvalue weighted by Gasteiger charge is -2.28. The van der Waals surface area contributed by atoms with Gasteiger partial charge in [0.1, 0.15) is 0 Å². The van der Waals surface area contributed by atoms with E-state index in [0.717, 1.165) is 19.7 Å². The second-order valence-corrected chi connectivity index (χ2v) is 7.00. The molecule has 1 aromatic carbocycles. The fourth-order valence-corrected chi connectivity index (χ4v) is 4.56. The minimum Gasteiger partial charge on any atom is -0.402 e. The molecule has 0 spiro atoms. The van der Waals surface area contributed by atoms with Crippen molar-refractivity contribution in [1.82, 2.24) is 4.57 Å². The number of benzene rings is 1. The van der Waals surface area contributed by atoms with Gasteiger partial charge in [-0.25, -0.2) is 0 Å². The molecule has 0 radical (unpaired) electrons. The highest BCUT2D eigenvalue weighted by atomic mass is 28.3. The Labute approximate surface area is 125 Å². The number of hydrogen-bond acceptors (Lipinski definition) is 2. The molecule has 2 nitrogen and oxygen atoms in total. The van der Waals surface area contributed by atoms with Crippen molar-refractivity contribution in [2.45, 2.75) is 40.0 Å². The third-order valence-electron chi connectivity index (χ3n) is 3.25. The highest BCUT2D eigenvalue weighted by Gasteiger charge is 2.21. The molecular weight excluding hydrogens is 266 g/mol. The zero-order valence-electron chi connectivity index (χ0n) is 12.1. The van der Waals surface area contributed by atoms with Crippen LogP contribution < -0.4 is 5.19 Å². The van der Waals surface area contributed by atoms with Crippen LogP contribution in [0.5, 0.6) is 0 Å². The lowest BCUT2D eigenvalue weighted by atomic mass is 10.3. The second kappa shape index (κ2) is 11.4. The average molecular weight is 298 g/mol. The molecule has 0 saturated carbocycles. The molecule has 0 aliphatic rings. The van der Waals surface area contributed by atoms with Gasteiger partial charge in [-0.05, 0) is 35.7 Å². The van der Waals surface area contributed by atoms with Gasteiger partial charge in [-0.3, -0.25) is 0 Å². The molecule has 0 aliphatic heterocycles. The first-order valence-corrected chi connectivity index (χ1v) is 8.80. The predicted octanol–water partition coefficient (Wildman–Crippen LogP) is 1.21. The third kappa shape index (κ3) is 6.52. The van der Waals surface area contributed by atoms with Crippen molar-refractivity contribution in [3.05, 3.63) is 30.3 Å². The summed E-state index contributed by atoms with van der Waals surface area (Å²) in [5, 5.41) is 1.40. The van der Waals surface area contributed by atoms with E-state index in [4.69, 9.17) is 4.43 Å². The van der Waals surface area contributed by atoms with Gasteiger partial charge in [0.2, 0.25) is 0 Å². The molecule has 1 aromatic rings. The molecule has 0 aliphatic carbocycles. The van der Waals surface area contributed by atoms with Crippen LogP contribution in [0.3, 0.4) is 0 Å². The Kier molecular flexibility index (Phi) is 11.1. The standard InChI is InChI=1S/C15H27NOSi.H4Si/c1-4-7-11-14-17-18(16(5-2)6-3)15-12-9-8-10-13-15;/h8-10,12-13,18H,4-7,11,14H2,1-3H3;1H4. The lowest BCUT2D eigenvalue weighted by Crippen LogP contribution is -2.50. The summed E-state index contributed by atoms with van der Waals surface area (Å²) in [6.07, 6.45) is 3.72. The molecule has 1 rings (SSSR count). The monoisotopic (exact) mass is 297 g/mol. The Morgan fingerprint density at radius 2 is 1.63 bits per heavy atom. The normalized spacial score (nSPS) is 12.2. The van der Waals surface area contributed by atoms with Crippen molar-refractivity contribution in [1.29, 1.82) is 0 Å². The molecule has 0 fully saturated rings. The maximum absolute atomic E-state index is 6.24. The minimum absolute atomic E-state index is 0. The van der Waals surface area contributed by atoms with Crippen molar-refractivity contribution in [3.63, 3.8) is 0 Å². The fourth-order valence-electron chi connectivity index (χ4n) is 2.13. The maximum Gasteiger partial charge on any atom is 0.288 e. The summed E-state index contributed by atoms with van der Waals surface area (Å²) in [6.45, 7) is 9.75. The van der Waals surface area contributed by atoms with Gasteiger partial charge in [0.05, 0.1) is 0 Å². The summed E-state index contributed by atoms with van der Waals surface area (Å²) in [4.78, 5) is 0. The van der Waals surface area contributed by atoms with Crippen LogP contribution >= 0.6 is 0 Å². The summed E-state index contributed by atoms with van der Waals surface area (Å²) >= 11 is 0. The molecule has 0 heterocycles. The molecule has 4 heteroatoms. The third-order valence-corrected chi connectivity index (χ3v) is 6.15. The van der Waals surface area contributed by atoms with Crippen molar-refractivity contribution >= 4 is 25.4 Å². The summed E-state index contributed by atoms with van der Waals surface area (Å²) in [7, 11) is -1.42. The predicted molar refractivity (Wildman–Crippen MR) is 93.0 cm³/mol. The smallest absolute Gasteiger partial charge is 0.288 e. The van der Waals surface area contributed by atoms with Crippen LogP contribution in [0, 0.1) is 0 Å². The topological polar surface area (TPSA) is 12.5 Å². The Morgan fingerprint density at radius 1 is 1.00 bits per heavy atom. The van der Waals surface area contributed by atoms with Gasteiger partial charge >= 0.3 is 0 Å². The zero-order chi connectivity index (χ0) is 13.2. The molecule has 0 amide bonds. The van der Waals surface area contributed by atoms with Crippen molar-refractivity contribution in [2.75, 3.05) is 19.7 Å². The first-order valence-electron chi connectivity index (χ1n) is 7.24. The van der Waals surface area contributed by atoms with Crippen LogP contribution in [0.15, 0.2) is 30.3 Å².